The molecule has 1 aliphatic carbocycles. The van der Waals surface area contributed by atoms with E-state index in [1.54, 1.807) is 0 Å². The molecular weight excluding hydrogens is 290 g/mol. The van der Waals surface area contributed by atoms with Gasteiger partial charge in [0, 0.05) is 12.5 Å². The number of amides is 1. The van der Waals surface area contributed by atoms with Gasteiger partial charge in [0.15, 0.2) is 11.5 Å². The SMILES string of the molecule is CCOc1ccc(CCC(=O)NC2CCCCC2)cc1OCC. The van der Waals surface area contributed by atoms with Crippen molar-refractivity contribution in [3.63, 3.8) is 0 Å². The molecule has 0 aliphatic heterocycles. The summed E-state index contributed by atoms with van der Waals surface area (Å²) in [7, 11) is 0. The Kier molecular flexibility index (Phi) is 7.24. The fourth-order valence-corrected chi connectivity index (χ4v) is 3.06. The molecule has 1 aromatic carbocycles. The van der Waals surface area contributed by atoms with Gasteiger partial charge in [0.2, 0.25) is 5.91 Å². The zero-order chi connectivity index (χ0) is 16.5. The van der Waals surface area contributed by atoms with Gasteiger partial charge in [-0.3, -0.25) is 4.79 Å². The Morgan fingerprint density at radius 1 is 1.09 bits per heavy atom. The maximum absolute atomic E-state index is 12.1. The number of benzene rings is 1. The third-order valence-corrected chi connectivity index (χ3v) is 4.22. The van der Waals surface area contributed by atoms with Crippen molar-refractivity contribution in [2.24, 2.45) is 0 Å². The van der Waals surface area contributed by atoms with Crippen LogP contribution in [0.1, 0.15) is 57.9 Å². The maximum atomic E-state index is 12.1. The number of hydrogen-bond donors (Lipinski definition) is 1. The Morgan fingerprint density at radius 3 is 2.48 bits per heavy atom. The molecule has 4 nitrogen and oxygen atoms in total. The van der Waals surface area contributed by atoms with Crippen LogP contribution in [0.5, 0.6) is 11.5 Å². The van der Waals surface area contributed by atoms with Gasteiger partial charge in [0.25, 0.3) is 0 Å². The topological polar surface area (TPSA) is 47.6 Å². The van der Waals surface area contributed by atoms with E-state index in [0.717, 1.165) is 36.3 Å². The van der Waals surface area contributed by atoms with Crippen molar-refractivity contribution < 1.29 is 14.3 Å². The quantitative estimate of drug-likeness (QED) is 0.791. The summed E-state index contributed by atoms with van der Waals surface area (Å²) < 4.78 is 11.2. The van der Waals surface area contributed by atoms with E-state index in [9.17, 15) is 4.79 Å². The minimum absolute atomic E-state index is 0.156. The van der Waals surface area contributed by atoms with Gasteiger partial charge in [-0.1, -0.05) is 25.3 Å². The van der Waals surface area contributed by atoms with Crippen LogP contribution in [-0.4, -0.2) is 25.2 Å². The molecule has 1 aromatic rings. The summed E-state index contributed by atoms with van der Waals surface area (Å²) in [5.41, 5.74) is 1.11. The molecule has 2 rings (SSSR count). The predicted octanol–water partition coefficient (Wildman–Crippen LogP) is 3.87. The van der Waals surface area contributed by atoms with Crippen LogP contribution >= 0.6 is 0 Å². The molecule has 128 valence electrons. The molecule has 1 N–H and O–H groups in total. The number of nitrogens with one attached hydrogen (secondary N) is 1. The van der Waals surface area contributed by atoms with Crippen LogP contribution in [-0.2, 0) is 11.2 Å². The van der Waals surface area contributed by atoms with Gasteiger partial charge in [-0.15, -0.1) is 0 Å². The summed E-state index contributed by atoms with van der Waals surface area (Å²) >= 11 is 0. The lowest BCUT2D eigenvalue weighted by Gasteiger charge is -2.22. The number of carbonyl (C=O) groups excluding carboxylic acids is 1. The molecule has 4 heteroatoms. The molecule has 1 fully saturated rings. The highest BCUT2D eigenvalue weighted by atomic mass is 16.5. The molecule has 1 aliphatic rings. The van der Waals surface area contributed by atoms with Crippen LogP contribution in [0.4, 0.5) is 0 Å². The lowest BCUT2D eigenvalue weighted by Crippen LogP contribution is -2.36. The van der Waals surface area contributed by atoms with Gasteiger partial charge < -0.3 is 14.8 Å². The number of hydrogen-bond acceptors (Lipinski definition) is 3. The van der Waals surface area contributed by atoms with Crippen LogP contribution in [0.2, 0.25) is 0 Å². The average Bonchev–Trinajstić information content (AvgIpc) is 2.56. The summed E-state index contributed by atoms with van der Waals surface area (Å²) in [4.78, 5) is 12.1. The van der Waals surface area contributed by atoms with Crippen LogP contribution in [0, 0.1) is 0 Å². The Morgan fingerprint density at radius 2 is 1.78 bits per heavy atom. The summed E-state index contributed by atoms with van der Waals surface area (Å²) in [5.74, 6) is 1.69. The monoisotopic (exact) mass is 319 g/mol. The van der Waals surface area contributed by atoms with Gasteiger partial charge in [0.05, 0.1) is 13.2 Å². The van der Waals surface area contributed by atoms with Gasteiger partial charge in [-0.25, -0.2) is 0 Å². The lowest BCUT2D eigenvalue weighted by atomic mass is 9.95. The first-order valence-electron chi connectivity index (χ1n) is 8.90. The van der Waals surface area contributed by atoms with E-state index in [-0.39, 0.29) is 5.91 Å². The summed E-state index contributed by atoms with van der Waals surface area (Å²) in [6, 6.07) is 6.32. The molecule has 1 amide bonds. The molecule has 0 aromatic heterocycles. The third-order valence-electron chi connectivity index (χ3n) is 4.22. The molecule has 23 heavy (non-hydrogen) atoms. The van der Waals surface area contributed by atoms with Crippen molar-refractivity contribution in [2.45, 2.75) is 64.8 Å². The number of aryl methyl sites for hydroxylation is 1. The first kappa shape index (κ1) is 17.6. The normalized spacial score (nSPS) is 15.2. The average molecular weight is 319 g/mol. The van der Waals surface area contributed by atoms with E-state index in [1.807, 2.05) is 32.0 Å². The second-order valence-corrected chi connectivity index (χ2v) is 6.05. The second kappa shape index (κ2) is 9.43. The fourth-order valence-electron chi connectivity index (χ4n) is 3.06. The van der Waals surface area contributed by atoms with E-state index in [1.165, 1.54) is 19.3 Å². The van der Waals surface area contributed by atoms with Crippen molar-refractivity contribution in [3.8, 4) is 11.5 Å². The molecule has 0 bridgehead atoms. The van der Waals surface area contributed by atoms with E-state index >= 15 is 0 Å². The maximum Gasteiger partial charge on any atom is 0.220 e. The van der Waals surface area contributed by atoms with Crippen molar-refractivity contribution in [3.05, 3.63) is 23.8 Å². The molecular formula is C19H29NO3. The molecule has 0 atom stereocenters. The zero-order valence-electron chi connectivity index (χ0n) is 14.4. The van der Waals surface area contributed by atoms with Crippen LogP contribution in [0.3, 0.4) is 0 Å². The molecule has 0 unspecified atom stereocenters. The standard InChI is InChI=1S/C19H29NO3/c1-3-22-17-12-10-15(14-18(17)23-4-2)11-13-19(21)20-16-8-6-5-7-9-16/h10,12,14,16H,3-9,11,13H2,1-2H3,(H,20,21). The highest BCUT2D eigenvalue weighted by Gasteiger charge is 2.15. The first-order valence-corrected chi connectivity index (χ1v) is 8.90. The van der Waals surface area contributed by atoms with Crippen LogP contribution < -0.4 is 14.8 Å². The van der Waals surface area contributed by atoms with Gasteiger partial charge in [-0.2, -0.15) is 0 Å². The molecule has 0 radical (unpaired) electrons. The minimum atomic E-state index is 0.156. The van der Waals surface area contributed by atoms with Crippen LogP contribution in [0.25, 0.3) is 0 Å². The van der Waals surface area contributed by atoms with E-state index in [2.05, 4.69) is 5.32 Å². The largest absolute Gasteiger partial charge is 0.490 e. The molecule has 0 spiro atoms. The predicted molar refractivity (Wildman–Crippen MR) is 92.1 cm³/mol. The highest BCUT2D eigenvalue weighted by Crippen LogP contribution is 2.29. The summed E-state index contributed by atoms with van der Waals surface area (Å²) in [5, 5.41) is 3.17. The number of ether oxygens (including phenoxy) is 2. The van der Waals surface area contributed by atoms with Crippen molar-refractivity contribution in [2.75, 3.05) is 13.2 Å². The van der Waals surface area contributed by atoms with Gasteiger partial charge in [0.1, 0.15) is 0 Å². The number of rotatable bonds is 8. The van der Waals surface area contributed by atoms with Crippen LogP contribution in [0.15, 0.2) is 18.2 Å². The minimum Gasteiger partial charge on any atom is -0.490 e. The smallest absolute Gasteiger partial charge is 0.220 e. The van der Waals surface area contributed by atoms with Gasteiger partial charge >= 0.3 is 0 Å². The summed E-state index contributed by atoms with van der Waals surface area (Å²) in [6.45, 7) is 5.13. The Balaban J connectivity index is 1.86. The third kappa shape index (κ3) is 5.77. The Labute approximate surface area is 139 Å². The van der Waals surface area contributed by atoms with E-state index < -0.39 is 0 Å². The Hall–Kier alpha value is -1.71. The molecule has 0 heterocycles. The van der Waals surface area contributed by atoms with Crippen molar-refractivity contribution in [1.29, 1.82) is 0 Å². The first-order chi connectivity index (χ1) is 11.2. The summed E-state index contributed by atoms with van der Waals surface area (Å²) in [6.07, 6.45) is 7.29. The van der Waals surface area contributed by atoms with Gasteiger partial charge in [-0.05, 0) is 50.8 Å². The highest BCUT2D eigenvalue weighted by molar-refractivity contribution is 5.76. The second-order valence-electron chi connectivity index (χ2n) is 6.05. The zero-order valence-corrected chi connectivity index (χ0v) is 14.4. The molecule has 0 saturated heterocycles. The molecule has 1 saturated carbocycles. The fraction of sp³-hybridized carbons (Fsp3) is 0.632. The number of carbonyl (C=O) groups is 1. The van der Waals surface area contributed by atoms with Crippen molar-refractivity contribution in [1.82, 2.24) is 5.32 Å². The van der Waals surface area contributed by atoms with Crippen molar-refractivity contribution >= 4 is 5.91 Å². The van der Waals surface area contributed by atoms with E-state index in [4.69, 9.17) is 9.47 Å². The van der Waals surface area contributed by atoms with E-state index in [0.29, 0.717) is 25.7 Å². The Bertz CT molecular complexity index is 495. The lowest BCUT2D eigenvalue weighted by molar-refractivity contribution is -0.121.